The van der Waals surface area contributed by atoms with Crippen molar-refractivity contribution in [3.8, 4) is 0 Å². The van der Waals surface area contributed by atoms with E-state index in [0.29, 0.717) is 38.5 Å². The zero-order chi connectivity index (χ0) is 75.4. The Morgan fingerprint density at radius 3 is 1.30 bits per heavy atom. The molecule has 35 unspecified atom stereocenters. The summed E-state index contributed by atoms with van der Waals surface area (Å²) >= 11 is 17.3. The second-order valence-corrected chi connectivity index (χ2v) is 28.5. The van der Waals surface area contributed by atoms with Gasteiger partial charge in [0.2, 0.25) is 5.91 Å². The molecule has 1 amide bonds. The van der Waals surface area contributed by atoms with Crippen LogP contribution in [-0.4, -0.2) is 413 Å². The van der Waals surface area contributed by atoms with Crippen LogP contribution in [0, 0.1) is 11.8 Å². The van der Waals surface area contributed by atoms with Crippen molar-refractivity contribution in [3.63, 3.8) is 0 Å². The SMILES string of the molecule is CC(=O)NC1C(NC(=S)NCCN(CCNC(=S)NCC2OC3OC4C(CO)OC(OCCCCC2C(O)C3O)C(O)C4O)CCNC(=S)NCC2OC3OC4C(CO)OC(OCCCCC2C(O)C3O)C(O)C4O)OC(CO)C(OC2OC(CO)C(O)C(O)C2O)C1OC1OC(C)C(O)C(O)C1O. The Balaban J connectivity index is 0.869. The van der Waals surface area contributed by atoms with E-state index in [0.717, 1.165) is 6.92 Å². The highest BCUT2D eigenvalue weighted by Gasteiger charge is 2.57. The van der Waals surface area contributed by atoms with E-state index in [1.165, 1.54) is 6.92 Å². The van der Waals surface area contributed by atoms with Crippen molar-refractivity contribution < 1.29 is 158 Å². The van der Waals surface area contributed by atoms with Gasteiger partial charge in [-0.25, -0.2) is 0 Å². The van der Waals surface area contributed by atoms with Gasteiger partial charge >= 0.3 is 0 Å². The highest BCUT2D eigenvalue weighted by Crippen LogP contribution is 2.38. The molecule has 8 bridgehead atoms. The summed E-state index contributed by atoms with van der Waals surface area (Å²) in [4.78, 5) is 15.1. The Bertz CT molecular complexity index is 2580. The Hall–Kier alpha value is -2.74. The number of thiocarbonyl (C=S) groups is 3. The van der Waals surface area contributed by atoms with E-state index < -0.39 is 247 Å². The van der Waals surface area contributed by atoms with Crippen LogP contribution in [0.1, 0.15) is 52.4 Å². The van der Waals surface area contributed by atoms with Crippen LogP contribution in [0.2, 0.25) is 0 Å². The molecule has 0 aliphatic carbocycles. The van der Waals surface area contributed by atoms with Gasteiger partial charge in [-0.15, -0.1) is 0 Å². The molecule has 0 saturated carbocycles. The van der Waals surface area contributed by atoms with Crippen LogP contribution in [0.15, 0.2) is 0 Å². The quantitative estimate of drug-likeness (QED) is 0.0422. The smallest absolute Gasteiger partial charge is 0.217 e. The van der Waals surface area contributed by atoms with Gasteiger partial charge in [0.05, 0.1) is 56.9 Å². The molecule has 15 rings (SSSR count). The van der Waals surface area contributed by atoms with Crippen molar-refractivity contribution in [3.05, 3.63) is 0 Å². The van der Waals surface area contributed by atoms with Gasteiger partial charge in [0.25, 0.3) is 0 Å². The summed E-state index contributed by atoms with van der Waals surface area (Å²) in [5, 5.41) is 217. The Morgan fingerprint density at radius 1 is 0.413 bits per heavy atom. The molecule has 15 saturated heterocycles. The number of ether oxygens (including phenoxy) is 13. The van der Waals surface area contributed by atoms with E-state index in [-0.39, 0.29) is 80.9 Å². The number of carbonyl (C=O) groups excluding carboxylic acids is 1. The maximum absolute atomic E-state index is 13.1. The number of nitrogens with zero attached hydrogens (tertiary/aromatic N) is 1. The summed E-state index contributed by atoms with van der Waals surface area (Å²) in [7, 11) is 0. The second kappa shape index (κ2) is 39.9. The first-order chi connectivity index (χ1) is 49.7. The van der Waals surface area contributed by atoms with E-state index in [1.807, 2.05) is 4.90 Å². The minimum absolute atomic E-state index is 0.0167. The molecular weight excluding hydrogens is 1450 g/mol. The first kappa shape index (κ1) is 85.3. The van der Waals surface area contributed by atoms with Gasteiger partial charge in [-0.2, -0.15) is 0 Å². The Kier molecular flexibility index (Phi) is 32.7. The van der Waals surface area contributed by atoms with Crippen LogP contribution in [-0.2, 0) is 66.4 Å². The van der Waals surface area contributed by atoms with Crippen LogP contribution in [0.4, 0.5) is 0 Å². The molecule has 600 valence electrons. The zero-order valence-corrected chi connectivity index (χ0v) is 59.7. The molecular formula is C61H106N8O32S3. The van der Waals surface area contributed by atoms with Crippen molar-refractivity contribution in [1.29, 1.82) is 0 Å². The number of hydrogen-bond donors (Lipinski definition) is 25. The van der Waals surface area contributed by atoms with Crippen LogP contribution < -0.4 is 37.2 Å². The van der Waals surface area contributed by atoms with E-state index >= 15 is 0 Å². The van der Waals surface area contributed by atoms with Gasteiger partial charge < -0.3 is 191 Å². The third-order valence-corrected chi connectivity index (χ3v) is 21.0. The van der Waals surface area contributed by atoms with Crippen LogP contribution >= 0.6 is 36.7 Å². The fourth-order valence-electron chi connectivity index (χ4n) is 14.3. The minimum atomic E-state index is -1.98. The van der Waals surface area contributed by atoms with E-state index in [9.17, 15) is 96.7 Å². The van der Waals surface area contributed by atoms with Crippen LogP contribution in [0.25, 0.3) is 0 Å². The van der Waals surface area contributed by atoms with Crippen molar-refractivity contribution in [2.75, 3.05) is 92.0 Å². The Morgan fingerprint density at radius 2 is 0.837 bits per heavy atom. The van der Waals surface area contributed by atoms with Gasteiger partial charge in [-0.1, -0.05) is 12.8 Å². The number of nitrogens with one attached hydrogen (secondary N) is 7. The van der Waals surface area contributed by atoms with Gasteiger partial charge in [0, 0.05) is 84.3 Å². The molecule has 0 aromatic rings. The van der Waals surface area contributed by atoms with Gasteiger partial charge in [0.1, 0.15) is 128 Å². The molecule has 35 atom stereocenters. The molecule has 0 aromatic carbocycles. The lowest BCUT2D eigenvalue weighted by Gasteiger charge is -2.50. The third-order valence-electron chi connectivity index (χ3n) is 20.2. The minimum Gasteiger partial charge on any atom is -0.394 e. The molecule has 0 radical (unpaired) electrons. The molecule has 43 heteroatoms. The monoisotopic (exact) mass is 1560 g/mol. The lowest BCUT2D eigenvalue weighted by Crippen LogP contribution is -2.72. The highest BCUT2D eigenvalue weighted by atomic mass is 32.1. The second-order valence-electron chi connectivity index (χ2n) is 27.3. The first-order valence-corrected chi connectivity index (χ1v) is 36.4. The average Bonchev–Trinajstić information content (AvgIpc) is 0.804. The predicted octanol–water partition coefficient (Wildman–Crippen LogP) is -12.5. The molecule has 40 nitrogen and oxygen atoms in total. The number of hydrogen-bond acceptors (Lipinski definition) is 36. The molecule has 15 fully saturated rings. The fourth-order valence-corrected chi connectivity index (χ4v) is 14.8. The molecule has 15 aliphatic rings. The highest BCUT2D eigenvalue weighted by molar-refractivity contribution is 7.80. The van der Waals surface area contributed by atoms with E-state index in [4.69, 9.17) is 98.2 Å². The third kappa shape index (κ3) is 21.1. The number of aliphatic hydroxyl groups excluding tert-OH is 18. The van der Waals surface area contributed by atoms with E-state index in [2.05, 4.69) is 37.2 Å². The van der Waals surface area contributed by atoms with Crippen molar-refractivity contribution in [2.24, 2.45) is 11.8 Å². The molecule has 0 spiro atoms. The lowest BCUT2D eigenvalue weighted by molar-refractivity contribution is -0.361. The lowest BCUT2D eigenvalue weighted by atomic mass is 9.84. The normalized spacial score (nSPS) is 44.5. The maximum Gasteiger partial charge on any atom is 0.217 e. The summed E-state index contributed by atoms with van der Waals surface area (Å²) in [6.07, 6.45) is -45.9. The van der Waals surface area contributed by atoms with Crippen LogP contribution in [0.5, 0.6) is 0 Å². The fraction of sp³-hybridized carbons (Fsp3) is 0.934. The average molecular weight is 1560 g/mol. The molecule has 25 N–H and O–H groups in total. The molecule has 15 heterocycles. The number of rotatable bonds is 23. The van der Waals surface area contributed by atoms with Gasteiger partial charge in [-0.05, 0) is 69.3 Å². The number of aliphatic hydroxyl groups is 18. The Labute approximate surface area is 614 Å². The standard InChI is InChI=1S/C61H106N8O32S3/c1-23-34(75)38(79)44(85)55(91-23)101-51-33(67-24(2)74)52(92-32(22-73)50(51)100-58-45(86)39(80)37(78)29(19-70)95-58)68-61(104)64-11-14-69(12-9-62-59(102)65-17-27-25-7-3-5-15-89-53-46(87)40(81)48(30(20-71)96-53)98-56(93-27)42(83)35(25)76)13-10-63-60(103)66-18-28-26-8-4-6-16-90-54-47(88)41(82)49(31(21-72)97-54)99-57(94-28)43(84)36(26)77/h23,25-58,70-73,75-88H,3-22H2,1-2H3,(H,67,74)(H2,62,65,102)(H2,63,66,103)(H2,64,68,104). The largest absolute Gasteiger partial charge is 0.394 e. The van der Waals surface area contributed by atoms with E-state index in [1.54, 1.807) is 0 Å². The zero-order valence-electron chi connectivity index (χ0n) is 57.3. The van der Waals surface area contributed by atoms with Gasteiger partial charge in [0.15, 0.2) is 59.3 Å². The summed E-state index contributed by atoms with van der Waals surface area (Å²) < 4.78 is 77.5. The summed E-state index contributed by atoms with van der Waals surface area (Å²) in [6.45, 7) is 0.882. The molecule has 104 heavy (non-hydrogen) atoms. The summed E-state index contributed by atoms with van der Waals surface area (Å²) in [6, 6.07) is -1.44. The maximum atomic E-state index is 13.1. The predicted molar refractivity (Wildman–Crippen MR) is 360 cm³/mol. The van der Waals surface area contributed by atoms with Crippen molar-refractivity contribution in [1.82, 2.24) is 42.1 Å². The van der Waals surface area contributed by atoms with Gasteiger partial charge in [-0.3, -0.25) is 9.69 Å². The summed E-state index contributed by atoms with van der Waals surface area (Å²) in [5.74, 6) is -2.00. The number of amides is 1. The van der Waals surface area contributed by atoms with Crippen LogP contribution in [0.3, 0.4) is 0 Å². The first-order valence-electron chi connectivity index (χ1n) is 35.2. The number of carbonyl (C=O) groups is 1. The topological polar surface area (TPSA) is 589 Å². The van der Waals surface area contributed by atoms with Crippen molar-refractivity contribution >= 4 is 57.9 Å². The van der Waals surface area contributed by atoms with Crippen molar-refractivity contribution in [2.45, 2.75) is 255 Å². The summed E-state index contributed by atoms with van der Waals surface area (Å²) in [5.41, 5.74) is 0. The molecule has 15 aliphatic heterocycles. The molecule has 0 aromatic heterocycles.